The molecular weight excluding hydrogens is 488 g/mol. The first kappa shape index (κ1) is 24.8. The van der Waals surface area contributed by atoms with Gasteiger partial charge in [0.05, 0.1) is 22.7 Å². The Bertz CT molecular complexity index is 1770. The lowest BCUT2D eigenvalue weighted by atomic mass is 9.88. The SMILES string of the molecule is Cc1c(C=Nn2c(C3CCCCC3)nc3ccccc3c2=O)c2ccccc2n1Cc1ccc(C(=O)O)cc1. The summed E-state index contributed by atoms with van der Waals surface area (Å²) in [5.74, 6) is 0.0210. The summed E-state index contributed by atoms with van der Waals surface area (Å²) < 4.78 is 3.73. The maximum Gasteiger partial charge on any atom is 0.335 e. The highest BCUT2D eigenvalue weighted by atomic mass is 16.4. The second kappa shape index (κ2) is 10.3. The highest BCUT2D eigenvalue weighted by Crippen LogP contribution is 2.32. The fourth-order valence-electron chi connectivity index (χ4n) is 5.75. The fourth-order valence-corrected chi connectivity index (χ4v) is 5.75. The summed E-state index contributed by atoms with van der Waals surface area (Å²) in [5.41, 5.74) is 4.86. The predicted molar refractivity (Wildman–Crippen MR) is 154 cm³/mol. The highest BCUT2D eigenvalue weighted by molar-refractivity contribution is 6.01. The van der Waals surface area contributed by atoms with Gasteiger partial charge >= 0.3 is 5.97 Å². The Morgan fingerprint density at radius 2 is 1.67 bits per heavy atom. The smallest absolute Gasteiger partial charge is 0.335 e. The number of carbonyl (C=O) groups is 1. The quantitative estimate of drug-likeness (QED) is 0.266. The van der Waals surface area contributed by atoms with E-state index >= 15 is 0 Å². The Labute approximate surface area is 226 Å². The van der Waals surface area contributed by atoms with Crippen molar-refractivity contribution in [3.63, 3.8) is 0 Å². The van der Waals surface area contributed by atoms with E-state index < -0.39 is 5.97 Å². The Hall–Kier alpha value is -4.52. The zero-order valence-corrected chi connectivity index (χ0v) is 21.9. The summed E-state index contributed by atoms with van der Waals surface area (Å²) in [7, 11) is 0. The molecule has 3 aromatic carbocycles. The standard InChI is InChI=1S/C32H30N4O3/c1-21-27(25-11-6-8-14-29(25)35(21)20-22-15-17-24(18-16-22)32(38)39)19-33-36-30(23-9-3-2-4-10-23)34-28-13-7-5-12-26(28)31(36)37/h5-8,11-19,23H,2-4,9-10,20H2,1H3,(H,38,39). The van der Waals surface area contributed by atoms with Crippen molar-refractivity contribution >= 4 is 34.0 Å². The van der Waals surface area contributed by atoms with Crippen LogP contribution in [0.1, 0.15) is 71.0 Å². The van der Waals surface area contributed by atoms with Gasteiger partial charge in [-0.25, -0.2) is 9.78 Å². The molecule has 1 saturated carbocycles. The molecule has 7 heteroatoms. The van der Waals surface area contributed by atoms with Gasteiger partial charge in [-0.2, -0.15) is 9.78 Å². The number of carboxylic acids is 1. The molecule has 0 aliphatic heterocycles. The van der Waals surface area contributed by atoms with E-state index in [9.17, 15) is 14.7 Å². The van der Waals surface area contributed by atoms with Crippen LogP contribution >= 0.6 is 0 Å². The summed E-state index contributed by atoms with van der Waals surface area (Å²) >= 11 is 0. The second-order valence-electron chi connectivity index (χ2n) is 10.3. The average molecular weight is 519 g/mol. The molecule has 1 fully saturated rings. The van der Waals surface area contributed by atoms with Gasteiger partial charge in [0.1, 0.15) is 5.82 Å². The van der Waals surface area contributed by atoms with Gasteiger partial charge in [-0.3, -0.25) is 4.79 Å². The van der Waals surface area contributed by atoms with Crippen molar-refractivity contribution in [3.8, 4) is 0 Å². The van der Waals surface area contributed by atoms with E-state index in [-0.39, 0.29) is 17.0 Å². The van der Waals surface area contributed by atoms with Crippen molar-refractivity contribution in [3.05, 3.63) is 111 Å². The summed E-state index contributed by atoms with van der Waals surface area (Å²) in [6.07, 6.45) is 7.31. The Kier molecular flexibility index (Phi) is 6.57. The van der Waals surface area contributed by atoms with Gasteiger partial charge in [-0.05, 0) is 55.7 Å². The summed E-state index contributed by atoms with van der Waals surface area (Å²) in [6, 6.07) is 22.6. The zero-order chi connectivity index (χ0) is 26.9. The zero-order valence-electron chi connectivity index (χ0n) is 21.9. The molecule has 6 rings (SSSR count). The minimum absolute atomic E-state index is 0.141. The van der Waals surface area contributed by atoms with E-state index in [0.29, 0.717) is 11.9 Å². The van der Waals surface area contributed by atoms with E-state index in [1.165, 1.54) is 11.1 Å². The normalized spacial score (nSPS) is 14.5. The van der Waals surface area contributed by atoms with Crippen LogP contribution in [-0.2, 0) is 6.54 Å². The van der Waals surface area contributed by atoms with Gasteiger partial charge in [0, 0.05) is 34.6 Å². The van der Waals surface area contributed by atoms with Crippen LogP contribution in [0, 0.1) is 6.92 Å². The van der Waals surface area contributed by atoms with Crippen LogP contribution in [0.25, 0.3) is 21.8 Å². The number of aromatic nitrogens is 3. The van der Waals surface area contributed by atoms with Crippen molar-refractivity contribution in [1.82, 2.24) is 14.2 Å². The number of rotatable bonds is 6. The van der Waals surface area contributed by atoms with E-state index in [1.807, 2.05) is 48.5 Å². The van der Waals surface area contributed by atoms with Crippen LogP contribution in [-0.4, -0.2) is 31.5 Å². The van der Waals surface area contributed by atoms with E-state index in [2.05, 4.69) is 23.6 Å². The van der Waals surface area contributed by atoms with Crippen LogP contribution in [0.2, 0.25) is 0 Å². The fraction of sp³-hybridized carbons (Fsp3) is 0.250. The van der Waals surface area contributed by atoms with Crippen molar-refractivity contribution in [2.75, 3.05) is 0 Å². The van der Waals surface area contributed by atoms with Gasteiger partial charge in [0.15, 0.2) is 0 Å². The molecule has 7 nitrogen and oxygen atoms in total. The Morgan fingerprint density at radius 1 is 0.974 bits per heavy atom. The van der Waals surface area contributed by atoms with Crippen molar-refractivity contribution in [2.24, 2.45) is 5.10 Å². The third-order valence-electron chi connectivity index (χ3n) is 7.87. The van der Waals surface area contributed by atoms with Crippen molar-refractivity contribution < 1.29 is 9.90 Å². The topological polar surface area (TPSA) is 89.5 Å². The number of carboxylic acid groups (broad SMARTS) is 1. The third-order valence-corrected chi connectivity index (χ3v) is 7.87. The molecule has 1 aliphatic rings. The molecule has 0 unspecified atom stereocenters. The maximum atomic E-state index is 13.6. The van der Waals surface area contributed by atoms with Gasteiger partial charge in [-0.1, -0.05) is 61.7 Å². The molecular formula is C32H30N4O3. The lowest BCUT2D eigenvalue weighted by Crippen LogP contribution is -2.25. The second-order valence-corrected chi connectivity index (χ2v) is 10.3. The molecule has 2 heterocycles. The largest absolute Gasteiger partial charge is 0.478 e. The molecule has 5 aromatic rings. The Balaban J connectivity index is 1.45. The number of aromatic carboxylic acids is 1. The molecule has 0 atom stereocenters. The molecule has 0 saturated heterocycles. The van der Waals surface area contributed by atoms with Gasteiger partial charge in [-0.15, -0.1) is 0 Å². The third kappa shape index (κ3) is 4.65. The summed E-state index contributed by atoms with van der Waals surface area (Å²) in [6.45, 7) is 2.64. The summed E-state index contributed by atoms with van der Waals surface area (Å²) in [5, 5.41) is 15.7. The van der Waals surface area contributed by atoms with Crippen LogP contribution in [0.3, 0.4) is 0 Å². The molecule has 1 N–H and O–H groups in total. The first-order valence-corrected chi connectivity index (χ1v) is 13.5. The van der Waals surface area contributed by atoms with Crippen LogP contribution in [0.4, 0.5) is 0 Å². The first-order chi connectivity index (χ1) is 19.0. The Morgan fingerprint density at radius 3 is 2.41 bits per heavy atom. The van der Waals surface area contributed by atoms with Crippen molar-refractivity contribution in [1.29, 1.82) is 0 Å². The van der Waals surface area contributed by atoms with Gasteiger partial charge < -0.3 is 9.67 Å². The lowest BCUT2D eigenvalue weighted by molar-refractivity contribution is 0.0697. The number of nitrogens with zero attached hydrogens (tertiary/aromatic N) is 4. The maximum absolute atomic E-state index is 13.6. The van der Waals surface area contributed by atoms with Gasteiger partial charge in [0.2, 0.25) is 0 Å². The van der Waals surface area contributed by atoms with E-state index in [4.69, 9.17) is 10.1 Å². The summed E-state index contributed by atoms with van der Waals surface area (Å²) in [4.78, 5) is 29.8. The predicted octanol–water partition coefficient (Wildman–Crippen LogP) is 6.34. The molecule has 0 spiro atoms. The number of hydrogen-bond acceptors (Lipinski definition) is 4. The van der Waals surface area contributed by atoms with Crippen molar-refractivity contribution in [2.45, 2.75) is 51.5 Å². The molecule has 0 amide bonds. The monoisotopic (exact) mass is 518 g/mol. The molecule has 1 aliphatic carbocycles. The van der Waals surface area contributed by atoms with E-state index in [1.54, 1.807) is 18.3 Å². The first-order valence-electron chi connectivity index (χ1n) is 13.5. The highest BCUT2D eigenvalue weighted by Gasteiger charge is 2.22. The minimum atomic E-state index is -0.936. The van der Waals surface area contributed by atoms with Crippen LogP contribution in [0.15, 0.2) is 82.7 Å². The number of hydrogen-bond donors (Lipinski definition) is 1. The number of fused-ring (bicyclic) bond motifs is 2. The lowest BCUT2D eigenvalue weighted by Gasteiger charge is -2.22. The molecule has 39 heavy (non-hydrogen) atoms. The van der Waals surface area contributed by atoms with Crippen LogP contribution < -0.4 is 5.56 Å². The number of benzene rings is 3. The molecule has 196 valence electrons. The molecule has 0 bridgehead atoms. The van der Waals surface area contributed by atoms with Gasteiger partial charge in [0.25, 0.3) is 5.56 Å². The minimum Gasteiger partial charge on any atom is -0.478 e. The van der Waals surface area contributed by atoms with E-state index in [0.717, 1.165) is 64.7 Å². The molecule has 2 aromatic heterocycles. The van der Waals surface area contributed by atoms with Crippen LogP contribution in [0.5, 0.6) is 0 Å². The number of para-hydroxylation sites is 2. The average Bonchev–Trinajstić information content (AvgIpc) is 3.23. The molecule has 0 radical (unpaired) electrons.